The smallest absolute Gasteiger partial charge is 0.253 e. The average molecular weight is 364 g/mol. The van der Waals surface area contributed by atoms with Gasteiger partial charge in [-0.2, -0.15) is 0 Å². The van der Waals surface area contributed by atoms with Crippen LogP contribution < -0.4 is 10.5 Å². The van der Waals surface area contributed by atoms with E-state index in [1.807, 2.05) is 13.8 Å². The summed E-state index contributed by atoms with van der Waals surface area (Å²) in [5.41, 5.74) is 5.88. The molecule has 6 nitrogen and oxygen atoms in total. The molecule has 0 saturated heterocycles. The van der Waals surface area contributed by atoms with Crippen molar-refractivity contribution in [2.24, 2.45) is 5.73 Å². The third-order valence-electron chi connectivity index (χ3n) is 3.82. The molecule has 1 rings (SSSR count). The van der Waals surface area contributed by atoms with Gasteiger partial charge in [0.05, 0.1) is 4.90 Å². The van der Waals surface area contributed by atoms with Crippen molar-refractivity contribution in [1.82, 2.24) is 9.62 Å². The summed E-state index contributed by atoms with van der Waals surface area (Å²) in [5.74, 6) is -0.243. The van der Waals surface area contributed by atoms with Crippen molar-refractivity contribution in [2.45, 2.75) is 37.1 Å². The van der Waals surface area contributed by atoms with E-state index in [1.54, 1.807) is 26.2 Å². The van der Waals surface area contributed by atoms with E-state index in [0.29, 0.717) is 18.4 Å². The van der Waals surface area contributed by atoms with Crippen LogP contribution in [0.1, 0.15) is 37.0 Å². The zero-order valence-electron chi connectivity index (χ0n) is 14.0. The zero-order valence-corrected chi connectivity index (χ0v) is 15.6. The second-order valence-corrected chi connectivity index (χ2v) is 7.39. The second-order valence-electron chi connectivity index (χ2n) is 5.62. The normalized spacial score (nSPS) is 11.7. The molecule has 3 N–H and O–H groups in total. The number of hydrogen-bond acceptors (Lipinski definition) is 4. The van der Waals surface area contributed by atoms with Crippen LogP contribution in [0, 0.1) is 0 Å². The summed E-state index contributed by atoms with van der Waals surface area (Å²) in [4.78, 5) is 13.4. The highest BCUT2D eigenvalue weighted by molar-refractivity contribution is 7.89. The Morgan fingerprint density at radius 3 is 2.30 bits per heavy atom. The molecule has 0 radical (unpaired) electrons. The molecule has 1 aromatic rings. The Kier molecular flexibility index (Phi) is 8.20. The van der Waals surface area contributed by atoms with E-state index in [-0.39, 0.29) is 29.8 Å². The van der Waals surface area contributed by atoms with Crippen LogP contribution >= 0.6 is 12.4 Å². The SMILES string of the molecule is CCC(N)(CC)CNS(=O)(=O)c1cccc(C(=O)N(C)C)c1.Cl. The summed E-state index contributed by atoms with van der Waals surface area (Å²) >= 11 is 0. The van der Waals surface area contributed by atoms with Crippen LogP contribution in [-0.4, -0.2) is 45.4 Å². The Bertz CT molecular complexity index is 629. The predicted molar refractivity (Wildman–Crippen MR) is 94.4 cm³/mol. The number of nitrogens with two attached hydrogens (primary N) is 1. The van der Waals surface area contributed by atoms with E-state index in [2.05, 4.69) is 4.72 Å². The van der Waals surface area contributed by atoms with Gasteiger partial charge in [-0.3, -0.25) is 4.79 Å². The fraction of sp³-hybridized carbons (Fsp3) is 0.533. The molecule has 0 atom stereocenters. The van der Waals surface area contributed by atoms with Gasteiger partial charge in [-0.25, -0.2) is 13.1 Å². The van der Waals surface area contributed by atoms with Crippen LogP contribution in [0.4, 0.5) is 0 Å². The number of nitrogens with zero attached hydrogens (tertiary/aromatic N) is 1. The third-order valence-corrected chi connectivity index (χ3v) is 5.22. The van der Waals surface area contributed by atoms with Crippen molar-refractivity contribution in [3.05, 3.63) is 29.8 Å². The molecule has 0 unspecified atom stereocenters. The first-order valence-corrected chi connectivity index (χ1v) is 8.74. The van der Waals surface area contributed by atoms with Gasteiger partial charge in [-0.1, -0.05) is 19.9 Å². The van der Waals surface area contributed by atoms with Crippen LogP contribution in [0.15, 0.2) is 29.2 Å². The van der Waals surface area contributed by atoms with Crippen LogP contribution in [0.5, 0.6) is 0 Å². The predicted octanol–water partition coefficient (Wildman–Crippen LogP) is 1.61. The van der Waals surface area contributed by atoms with Crippen molar-refractivity contribution in [1.29, 1.82) is 0 Å². The molecule has 8 heteroatoms. The van der Waals surface area contributed by atoms with Gasteiger partial charge in [-0.05, 0) is 31.0 Å². The number of sulfonamides is 1. The van der Waals surface area contributed by atoms with E-state index in [4.69, 9.17) is 5.73 Å². The first-order chi connectivity index (χ1) is 10.1. The summed E-state index contributed by atoms with van der Waals surface area (Å²) in [5, 5.41) is 0. The lowest BCUT2D eigenvalue weighted by molar-refractivity contribution is 0.0827. The topological polar surface area (TPSA) is 92.5 Å². The fourth-order valence-corrected chi connectivity index (χ4v) is 3.06. The average Bonchev–Trinajstić information content (AvgIpc) is 2.52. The molecule has 0 aliphatic carbocycles. The third kappa shape index (κ3) is 5.76. The van der Waals surface area contributed by atoms with Crippen LogP contribution in [0.2, 0.25) is 0 Å². The standard InChI is InChI=1S/C15H25N3O3S.ClH/c1-5-15(16,6-2)11-17-22(20,21)13-9-7-8-12(10-13)14(19)18(3)4;/h7-10,17H,5-6,11,16H2,1-4H3;1H. The molecule has 0 aliphatic heterocycles. The van der Waals surface area contributed by atoms with Gasteiger partial charge in [0.25, 0.3) is 5.91 Å². The lowest BCUT2D eigenvalue weighted by Crippen LogP contribution is -2.49. The molecule has 1 amide bonds. The number of carbonyl (C=O) groups is 1. The fourth-order valence-electron chi connectivity index (χ4n) is 1.88. The van der Waals surface area contributed by atoms with Gasteiger partial charge >= 0.3 is 0 Å². The Morgan fingerprint density at radius 1 is 1.26 bits per heavy atom. The molecule has 0 fully saturated rings. The summed E-state index contributed by atoms with van der Waals surface area (Å²) in [6, 6.07) is 5.99. The quantitative estimate of drug-likeness (QED) is 0.769. The Morgan fingerprint density at radius 2 is 1.83 bits per heavy atom. The Labute approximate surface area is 144 Å². The molecule has 132 valence electrons. The van der Waals surface area contributed by atoms with E-state index in [9.17, 15) is 13.2 Å². The van der Waals surface area contributed by atoms with Crippen molar-refractivity contribution in [3.63, 3.8) is 0 Å². The summed E-state index contributed by atoms with van der Waals surface area (Å²) in [7, 11) is -0.460. The summed E-state index contributed by atoms with van der Waals surface area (Å²) < 4.78 is 27.3. The molecule has 0 heterocycles. The van der Waals surface area contributed by atoms with Crippen LogP contribution in [0.3, 0.4) is 0 Å². The maximum atomic E-state index is 12.4. The molecular formula is C15H26ClN3O3S. The first-order valence-electron chi connectivity index (χ1n) is 7.25. The molecule has 0 aromatic heterocycles. The summed E-state index contributed by atoms with van der Waals surface area (Å²) in [6.07, 6.45) is 1.34. The lowest BCUT2D eigenvalue weighted by atomic mass is 9.95. The van der Waals surface area contributed by atoms with Crippen LogP contribution in [0.25, 0.3) is 0 Å². The molecular weight excluding hydrogens is 338 g/mol. The first kappa shape index (κ1) is 21.9. The number of benzene rings is 1. The van der Waals surface area contributed by atoms with E-state index >= 15 is 0 Å². The largest absolute Gasteiger partial charge is 0.345 e. The molecule has 0 aliphatic rings. The number of nitrogens with one attached hydrogen (secondary N) is 1. The van der Waals surface area contributed by atoms with Gasteiger partial charge in [0.1, 0.15) is 0 Å². The number of hydrogen-bond donors (Lipinski definition) is 2. The summed E-state index contributed by atoms with van der Waals surface area (Å²) in [6.45, 7) is 4.01. The van der Waals surface area contributed by atoms with E-state index < -0.39 is 15.6 Å². The minimum Gasteiger partial charge on any atom is -0.345 e. The van der Waals surface area contributed by atoms with Crippen molar-refractivity contribution < 1.29 is 13.2 Å². The molecule has 0 spiro atoms. The molecule has 0 saturated carbocycles. The number of carbonyl (C=O) groups excluding carboxylic acids is 1. The minimum atomic E-state index is -3.70. The molecule has 23 heavy (non-hydrogen) atoms. The zero-order chi connectivity index (χ0) is 17.0. The highest BCUT2D eigenvalue weighted by Gasteiger charge is 2.24. The maximum absolute atomic E-state index is 12.4. The van der Waals surface area contributed by atoms with Crippen LogP contribution in [-0.2, 0) is 10.0 Å². The molecule has 0 bridgehead atoms. The van der Waals surface area contributed by atoms with Gasteiger partial charge in [0, 0.05) is 31.7 Å². The number of amides is 1. The minimum absolute atomic E-state index is 0. The highest BCUT2D eigenvalue weighted by atomic mass is 35.5. The van der Waals surface area contributed by atoms with Gasteiger partial charge in [0.2, 0.25) is 10.0 Å². The van der Waals surface area contributed by atoms with Gasteiger partial charge in [0.15, 0.2) is 0 Å². The van der Waals surface area contributed by atoms with Crippen molar-refractivity contribution in [2.75, 3.05) is 20.6 Å². The van der Waals surface area contributed by atoms with E-state index in [0.717, 1.165) is 0 Å². The molecule has 1 aromatic carbocycles. The van der Waals surface area contributed by atoms with Crippen molar-refractivity contribution in [3.8, 4) is 0 Å². The Hall–Kier alpha value is -1.15. The van der Waals surface area contributed by atoms with E-state index in [1.165, 1.54) is 17.0 Å². The van der Waals surface area contributed by atoms with Gasteiger partial charge < -0.3 is 10.6 Å². The number of rotatable bonds is 7. The monoisotopic (exact) mass is 363 g/mol. The Balaban J connectivity index is 0.00000484. The maximum Gasteiger partial charge on any atom is 0.253 e. The number of halogens is 1. The highest BCUT2D eigenvalue weighted by Crippen LogP contribution is 2.15. The van der Waals surface area contributed by atoms with Crippen molar-refractivity contribution >= 4 is 28.3 Å². The second kappa shape index (κ2) is 8.63. The van der Waals surface area contributed by atoms with Gasteiger partial charge in [-0.15, -0.1) is 12.4 Å². The lowest BCUT2D eigenvalue weighted by Gasteiger charge is -2.26.